The Labute approximate surface area is 167 Å². The molecule has 0 unspecified atom stereocenters. The first-order chi connectivity index (χ1) is 14.0. The van der Waals surface area contributed by atoms with Crippen molar-refractivity contribution < 1.29 is 14.5 Å². The number of para-hydroxylation sites is 2. The van der Waals surface area contributed by atoms with Crippen LogP contribution in [-0.2, 0) is 4.79 Å². The number of nitrogens with zero attached hydrogens (tertiary/aromatic N) is 2. The van der Waals surface area contributed by atoms with Gasteiger partial charge in [-0.25, -0.2) is 0 Å². The summed E-state index contributed by atoms with van der Waals surface area (Å²) >= 11 is 0. The molecule has 0 radical (unpaired) electrons. The Morgan fingerprint density at radius 2 is 2.00 bits per heavy atom. The van der Waals surface area contributed by atoms with Crippen molar-refractivity contribution in [1.82, 2.24) is 4.98 Å². The number of carbonyl (C=O) groups excluding carboxylic acids is 1. The third-order valence-corrected chi connectivity index (χ3v) is 4.09. The minimum atomic E-state index is -0.458. The van der Waals surface area contributed by atoms with Crippen LogP contribution in [0.1, 0.15) is 12.0 Å². The molecule has 148 valence electrons. The molecule has 0 saturated heterocycles. The number of anilines is 2. The van der Waals surface area contributed by atoms with E-state index in [0.717, 1.165) is 5.56 Å². The number of rotatable bonds is 8. The van der Waals surface area contributed by atoms with E-state index < -0.39 is 4.92 Å². The number of ether oxygens (including phenoxy) is 1. The maximum Gasteiger partial charge on any atom is 0.292 e. The Hall–Kier alpha value is -3.94. The molecule has 29 heavy (non-hydrogen) atoms. The number of pyridine rings is 1. The van der Waals surface area contributed by atoms with Gasteiger partial charge in [-0.05, 0) is 48.9 Å². The monoisotopic (exact) mass is 392 g/mol. The molecule has 1 aromatic heterocycles. The van der Waals surface area contributed by atoms with Crippen LogP contribution in [0, 0.1) is 17.0 Å². The van der Waals surface area contributed by atoms with Crippen molar-refractivity contribution in [1.29, 1.82) is 0 Å². The second-order valence-corrected chi connectivity index (χ2v) is 6.27. The van der Waals surface area contributed by atoms with Crippen LogP contribution < -0.4 is 15.4 Å². The first-order valence-corrected chi connectivity index (χ1v) is 8.98. The highest BCUT2D eigenvalue weighted by Gasteiger charge is 2.12. The molecule has 8 nitrogen and oxygen atoms in total. The standard InChI is InChI=1S/C21H20N4O4/c1-15-13-16(8-9-20(15)29-17-5-4-11-22-14-17)24-21(26)10-12-23-18-6-2-3-7-19(18)25(27)28/h2-9,11,13-14,23H,10,12H2,1H3,(H,24,26). The van der Waals surface area contributed by atoms with Crippen LogP contribution >= 0.6 is 0 Å². The van der Waals surface area contributed by atoms with Crippen LogP contribution in [0.4, 0.5) is 17.1 Å². The highest BCUT2D eigenvalue weighted by Crippen LogP contribution is 2.27. The smallest absolute Gasteiger partial charge is 0.292 e. The minimum Gasteiger partial charge on any atom is -0.455 e. The fraction of sp³-hybridized carbons (Fsp3) is 0.143. The number of hydrogen-bond donors (Lipinski definition) is 2. The zero-order chi connectivity index (χ0) is 20.6. The zero-order valence-electron chi connectivity index (χ0n) is 15.8. The van der Waals surface area contributed by atoms with Crippen molar-refractivity contribution in [2.45, 2.75) is 13.3 Å². The van der Waals surface area contributed by atoms with Gasteiger partial charge in [0.15, 0.2) is 0 Å². The van der Waals surface area contributed by atoms with Gasteiger partial charge >= 0.3 is 0 Å². The molecule has 3 aromatic rings. The summed E-state index contributed by atoms with van der Waals surface area (Å²) in [5.41, 5.74) is 1.88. The summed E-state index contributed by atoms with van der Waals surface area (Å²) in [6.45, 7) is 2.16. The van der Waals surface area contributed by atoms with Gasteiger partial charge in [0.1, 0.15) is 17.2 Å². The van der Waals surface area contributed by atoms with Crippen LogP contribution in [0.2, 0.25) is 0 Å². The van der Waals surface area contributed by atoms with Gasteiger partial charge < -0.3 is 15.4 Å². The summed E-state index contributed by atoms with van der Waals surface area (Å²) in [6.07, 6.45) is 3.46. The number of nitrogens with one attached hydrogen (secondary N) is 2. The SMILES string of the molecule is Cc1cc(NC(=O)CCNc2ccccc2[N+](=O)[O-])ccc1Oc1cccnc1. The second kappa shape index (κ2) is 9.32. The molecule has 0 saturated carbocycles. The summed E-state index contributed by atoms with van der Waals surface area (Å²) in [4.78, 5) is 26.7. The van der Waals surface area contributed by atoms with Crippen molar-refractivity contribution >= 4 is 23.0 Å². The Morgan fingerprint density at radius 3 is 2.72 bits per heavy atom. The number of nitro benzene ring substituents is 1. The lowest BCUT2D eigenvalue weighted by molar-refractivity contribution is -0.384. The molecule has 1 amide bonds. The lowest BCUT2D eigenvalue weighted by Crippen LogP contribution is -2.16. The van der Waals surface area contributed by atoms with E-state index >= 15 is 0 Å². The van der Waals surface area contributed by atoms with Gasteiger partial charge in [-0.15, -0.1) is 0 Å². The molecule has 0 fully saturated rings. The molecule has 8 heteroatoms. The number of hydrogen-bond acceptors (Lipinski definition) is 6. The van der Waals surface area contributed by atoms with Gasteiger partial charge in [-0.1, -0.05) is 12.1 Å². The lowest BCUT2D eigenvalue weighted by atomic mass is 10.2. The summed E-state index contributed by atoms with van der Waals surface area (Å²) in [6, 6.07) is 15.3. The minimum absolute atomic E-state index is 0.0206. The predicted octanol–water partition coefficient (Wildman–Crippen LogP) is 4.53. The highest BCUT2D eigenvalue weighted by atomic mass is 16.6. The van der Waals surface area contributed by atoms with Crippen LogP contribution in [0.3, 0.4) is 0 Å². The average Bonchev–Trinajstić information content (AvgIpc) is 2.71. The number of carbonyl (C=O) groups is 1. The third kappa shape index (κ3) is 5.52. The summed E-state index contributed by atoms with van der Waals surface area (Å²) in [7, 11) is 0. The lowest BCUT2D eigenvalue weighted by Gasteiger charge is -2.11. The van der Waals surface area contributed by atoms with Crippen molar-refractivity contribution in [3.8, 4) is 11.5 Å². The summed E-state index contributed by atoms with van der Waals surface area (Å²) < 4.78 is 5.77. The van der Waals surface area contributed by atoms with Crippen LogP contribution in [0.25, 0.3) is 0 Å². The van der Waals surface area contributed by atoms with E-state index in [-0.39, 0.29) is 24.6 Å². The summed E-state index contributed by atoms with van der Waals surface area (Å²) in [5.74, 6) is 1.11. The van der Waals surface area contributed by atoms with E-state index in [0.29, 0.717) is 22.9 Å². The highest BCUT2D eigenvalue weighted by molar-refractivity contribution is 5.91. The zero-order valence-corrected chi connectivity index (χ0v) is 15.8. The molecule has 0 atom stereocenters. The molecule has 2 aromatic carbocycles. The Bertz CT molecular complexity index is 1010. The number of benzene rings is 2. The Kier molecular flexibility index (Phi) is 6.36. The van der Waals surface area contributed by atoms with Crippen molar-refractivity contribution in [2.75, 3.05) is 17.2 Å². The number of amides is 1. The molecule has 0 aliphatic rings. The van der Waals surface area contributed by atoms with Crippen molar-refractivity contribution in [2.24, 2.45) is 0 Å². The topological polar surface area (TPSA) is 106 Å². The molecule has 0 bridgehead atoms. The van der Waals surface area contributed by atoms with Crippen molar-refractivity contribution in [3.05, 3.63) is 82.7 Å². The quantitative estimate of drug-likeness (QED) is 0.431. The maximum absolute atomic E-state index is 12.2. The third-order valence-electron chi connectivity index (χ3n) is 4.09. The van der Waals surface area contributed by atoms with E-state index in [1.807, 2.05) is 19.1 Å². The predicted molar refractivity (Wildman–Crippen MR) is 110 cm³/mol. The van der Waals surface area contributed by atoms with Gasteiger partial charge in [0.25, 0.3) is 5.69 Å². The summed E-state index contributed by atoms with van der Waals surface area (Å²) in [5, 5.41) is 16.8. The fourth-order valence-corrected chi connectivity index (χ4v) is 2.69. The Morgan fingerprint density at radius 1 is 1.17 bits per heavy atom. The molecule has 0 aliphatic heterocycles. The van der Waals surface area contributed by atoms with E-state index in [1.54, 1.807) is 48.8 Å². The average molecular weight is 392 g/mol. The van der Waals surface area contributed by atoms with Gasteiger partial charge in [0, 0.05) is 30.9 Å². The van der Waals surface area contributed by atoms with E-state index in [1.165, 1.54) is 6.07 Å². The molecular weight excluding hydrogens is 372 g/mol. The number of aryl methyl sites for hydroxylation is 1. The fourth-order valence-electron chi connectivity index (χ4n) is 2.69. The van der Waals surface area contributed by atoms with Crippen molar-refractivity contribution in [3.63, 3.8) is 0 Å². The molecule has 3 rings (SSSR count). The van der Waals surface area contributed by atoms with E-state index in [2.05, 4.69) is 15.6 Å². The molecule has 1 heterocycles. The second-order valence-electron chi connectivity index (χ2n) is 6.27. The van der Waals surface area contributed by atoms with Gasteiger partial charge in [0.05, 0.1) is 11.1 Å². The molecule has 0 spiro atoms. The number of aromatic nitrogens is 1. The molecule has 0 aliphatic carbocycles. The molecular formula is C21H20N4O4. The first kappa shape index (κ1) is 19.8. The van der Waals surface area contributed by atoms with E-state index in [9.17, 15) is 14.9 Å². The van der Waals surface area contributed by atoms with E-state index in [4.69, 9.17) is 4.74 Å². The van der Waals surface area contributed by atoms with Crippen LogP contribution in [0.15, 0.2) is 67.0 Å². The first-order valence-electron chi connectivity index (χ1n) is 8.98. The normalized spacial score (nSPS) is 10.2. The number of nitro groups is 1. The van der Waals surface area contributed by atoms with Gasteiger partial charge in [-0.2, -0.15) is 0 Å². The maximum atomic E-state index is 12.2. The molecule has 2 N–H and O–H groups in total. The van der Waals surface area contributed by atoms with Gasteiger partial charge in [-0.3, -0.25) is 19.9 Å². The Balaban J connectivity index is 1.53. The largest absolute Gasteiger partial charge is 0.455 e. The van der Waals surface area contributed by atoms with Crippen LogP contribution in [-0.4, -0.2) is 22.4 Å². The van der Waals surface area contributed by atoms with Gasteiger partial charge in [0.2, 0.25) is 5.91 Å². The van der Waals surface area contributed by atoms with Crippen LogP contribution in [0.5, 0.6) is 11.5 Å².